The largest absolute Gasteiger partial charge is 0.444 e. The van der Waals surface area contributed by atoms with Gasteiger partial charge >= 0.3 is 6.09 Å². The molecule has 1 aromatic rings. The molecule has 1 aliphatic heterocycles. The highest BCUT2D eigenvalue weighted by Crippen LogP contribution is 2.11. The predicted molar refractivity (Wildman–Crippen MR) is 90.3 cm³/mol. The van der Waals surface area contributed by atoms with E-state index in [2.05, 4.69) is 17.0 Å². The summed E-state index contributed by atoms with van der Waals surface area (Å²) < 4.78 is 11.1. The van der Waals surface area contributed by atoms with Crippen LogP contribution in [0.25, 0.3) is 0 Å². The number of hydrogen-bond donors (Lipinski definition) is 0. The molecule has 0 aromatic heterocycles. The van der Waals surface area contributed by atoms with Crippen LogP contribution in [0.1, 0.15) is 26.3 Å². The molecule has 1 heterocycles. The Balaban J connectivity index is 1.60. The number of benzene rings is 1. The molecule has 1 saturated heterocycles. The van der Waals surface area contributed by atoms with E-state index in [-0.39, 0.29) is 6.09 Å². The maximum Gasteiger partial charge on any atom is 0.410 e. The van der Waals surface area contributed by atoms with Crippen LogP contribution in [0.4, 0.5) is 4.79 Å². The maximum absolute atomic E-state index is 12.0. The predicted octanol–water partition coefficient (Wildman–Crippen LogP) is 2.76. The van der Waals surface area contributed by atoms with Crippen molar-refractivity contribution in [2.45, 2.75) is 33.0 Å². The van der Waals surface area contributed by atoms with Crippen molar-refractivity contribution in [2.24, 2.45) is 0 Å². The lowest BCUT2D eigenvalue weighted by Gasteiger charge is -2.35. The van der Waals surface area contributed by atoms with Crippen molar-refractivity contribution < 1.29 is 14.3 Å². The third-order valence-corrected chi connectivity index (χ3v) is 3.69. The first-order chi connectivity index (χ1) is 10.9. The minimum absolute atomic E-state index is 0.211. The van der Waals surface area contributed by atoms with E-state index in [1.54, 1.807) is 4.90 Å². The Labute approximate surface area is 139 Å². The van der Waals surface area contributed by atoms with Crippen LogP contribution >= 0.6 is 0 Å². The molecule has 2 rings (SSSR count). The van der Waals surface area contributed by atoms with Crippen LogP contribution in [-0.4, -0.2) is 60.8 Å². The van der Waals surface area contributed by atoms with Gasteiger partial charge in [0.2, 0.25) is 0 Å². The molecule has 0 radical (unpaired) electrons. The quantitative estimate of drug-likeness (QED) is 0.782. The van der Waals surface area contributed by atoms with Crippen LogP contribution in [0, 0.1) is 0 Å². The van der Waals surface area contributed by atoms with E-state index in [1.165, 1.54) is 5.56 Å². The van der Waals surface area contributed by atoms with Crippen LogP contribution in [0.3, 0.4) is 0 Å². The third kappa shape index (κ3) is 6.59. The average Bonchev–Trinajstić information content (AvgIpc) is 2.51. The lowest BCUT2D eigenvalue weighted by Crippen LogP contribution is -2.50. The smallest absolute Gasteiger partial charge is 0.410 e. The molecule has 128 valence electrons. The topological polar surface area (TPSA) is 42.0 Å². The van der Waals surface area contributed by atoms with Crippen molar-refractivity contribution >= 4 is 6.09 Å². The number of rotatable bonds is 5. The van der Waals surface area contributed by atoms with E-state index in [0.29, 0.717) is 26.3 Å². The first-order valence-corrected chi connectivity index (χ1v) is 8.26. The molecule has 0 unspecified atom stereocenters. The monoisotopic (exact) mass is 320 g/mol. The van der Waals surface area contributed by atoms with Gasteiger partial charge in [0.1, 0.15) is 5.60 Å². The van der Waals surface area contributed by atoms with Gasteiger partial charge in [-0.3, -0.25) is 4.90 Å². The van der Waals surface area contributed by atoms with Gasteiger partial charge in [0.25, 0.3) is 0 Å². The molecule has 5 nitrogen and oxygen atoms in total. The second kappa shape index (κ2) is 8.31. The van der Waals surface area contributed by atoms with Crippen molar-refractivity contribution in [1.29, 1.82) is 0 Å². The molecule has 0 bridgehead atoms. The average molecular weight is 320 g/mol. The van der Waals surface area contributed by atoms with E-state index in [9.17, 15) is 4.79 Å². The summed E-state index contributed by atoms with van der Waals surface area (Å²) in [5.41, 5.74) is 0.765. The molecule has 1 fully saturated rings. The molecule has 0 saturated carbocycles. The van der Waals surface area contributed by atoms with Crippen molar-refractivity contribution in [3.63, 3.8) is 0 Å². The fourth-order valence-electron chi connectivity index (χ4n) is 2.44. The fourth-order valence-corrected chi connectivity index (χ4v) is 2.44. The lowest BCUT2D eigenvalue weighted by molar-refractivity contribution is 0.0110. The first kappa shape index (κ1) is 17.8. The zero-order chi connectivity index (χ0) is 16.7. The summed E-state index contributed by atoms with van der Waals surface area (Å²) >= 11 is 0. The standard InChI is InChI=1S/C18H28N2O3/c1-18(2,3)23-17(21)20-11-9-19(10-12-20)13-14-22-15-16-7-5-4-6-8-16/h4-8H,9-15H2,1-3H3. The number of ether oxygens (including phenoxy) is 2. The Hall–Kier alpha value is -1.59. The second-order valence-corrected chi connectivity index (χ2v) is 6.85. The minimum atomic E-state index is -0.431. The zero-order valence-electron chi connectivity index (χ0n) is 14.5. The molecule has 1 aromatic carbocycles. The molecule has 1 aliphatic rings. The Bertz CT molecular complexity index is 477. The summed E-state index contributed by atoms with van der Waals surface area (Å²) in [5.74, 6) is 0. The van der Waals surface area contributed by atoms with Crippen molar-refractivity contribution in [3.8, 4) is 0 Å². The molecular weight excluding hydrogens is 292 g/mol. The molecule has 5 heteroatoms. The van der Waals surface area contributed by atoms with E-state index in [0.717, 1.165) is 19.6 Å². The number of hydrogen-bond acceptors (Lipinski definition) is 4. The van der Waals surface area contributed by atoms with Gasteiger partial charge in [-0.2, -0.15) is 0 Å². The van der Waals surface area contributed by atoms with Crippen molar-refractivity contribution in [3.05, 3.63) is 35.9 Å². The highest BCUT2D eigenvalue weighted by molar-refractivity contribution is 5.68. The van der Waals surface area contributed by atoms with Gasteiger partial charge in [0.05, 0.1) is 13.2 Å². The van der Waals surface area contributed by atoms with Crippen LogP contribution in [-0.2, 0) is 16.1 Å². The lowest BCUT2D eigenvalue weighted by atomic mass is 10.2. The van der Waals surface area contributed by atoms with Gasteiger partial charge in [-0.25, -0.2) is 4.79 Å². The summed E-state index contributed by atoms with van der Waals surface area (Å²) in [6, 6.07) is 10.2. The van der Waals surface area contributed by atoms with Crippen LogP contribution in [0.2, 0.25) is 0 Å². The van der Waals surface area contributed by atoms with Gasteiger partial charge in [-0.05, 0) is 26.3 Å². The Kier molecular flexibility index (Phi) is 6.42. The summed E-state index contributed by atoms with van der Waals surface area (Å²) in [6.45, 7) is 11.1. The van der Waals surface area contributed by atoms with Crippen LogP contribution in [0.15, 0.2) is 30.3 Å². The van der Waals surface area contributed by atoms with E-state index < -0.39 is 5.60 Å². The summed E-state index contributed by atoms with van der Waals surface area (Å²) in [4.78, 5) is 16.1. The van der Waals surface area contributed by atoms with E-state index >= 15 is 0 Å². The Morgan fingerprint density at radius 2 is 1.74 bits per heavy atom. The third-order valence-electron chi connectivity index (χ3n) is 3.69. The van der Waals surface area contributed by atoms with E-state index in [1.807, 2.05) is 39.0 Å². The molecule has 23 heavy (non-hydrogen) atoms. The number of piperazine rings is 1. The molecular formula is C18H28N2O3. The molecule has 0 atom stereocenters. The van der Waals surface area contributed by atoms with E-state index in [4.69, 9.17) is 9.47 Å². The number of nitrogens with zero attached hydrogens (tertiary/aromatic N) is 2. The highest BCUT2D eigenvalue weighted by Gasteiger charge is 2.25. The molecule has 0 spiro atoms. The minimum Gasteiger partial charge on any atom is -0.444 e. The SMILES string of the molecule is CC(C)(C)OC(=O)N1CCN(CCOCc2ccccc2)CC1. The van der Waals surface area contributed by atoms with Gasteiger partial charge in [-0.15, -0.1) is 0 Å². The zero-order valence-corrected chi connectivity index (χ0v) is 14.5. The molecule has 0 aliphatic carbocycles. The van der Waals surface area contributed by atoms with Crippen LogP contribution in [0.5, 0.6) is 0 Å². The number of carbonyl (C=O) groups is 1. The van der Waals surface area contributed by atoms with Gasteiger partial charge in [0.15, 0.2) is 0 Å². The molecule has 0 N–H and O–H groups in total. The highest BCUT2D eigenvalue weighted by atomic mass is 16.6. The van der Waals surface area contributed by atoms with Gasteiger partial charge in [0, 0.05) is 32.7 Å². The summed E-state index contributed by atoms with van der Waals surface area (Å²) in [7, 11) is 0. The number of carbonyl (C=O) groups excluding carboxylic acids is 1. The normalized spacial score (nSPS) is 16.4. The first-order valence-electron chi connectivity index (χ1n) is 8.26. The van der Waals surface area contributed by atoms with Crippen molar-refractivity contribution in [2.75, 3.05) is 39.3 Å². The molecule has 1 amide bonds. The summed E-state index contributed by atoms with van der Waals surface area (Å²) in [5, 5.41) is 0. The Morgan fingerprint density at radius 3 is 2.35 bits per heavy atom. The number of amides is 1. The van der Waals surface area contributed by atoms with Crippen LogP contribution < -0.4 is 0 Å². The second-order valence-electron chi connectivity index (χ2n) is 6.85. The van der Waals surface area contributed by atoms with Gasteiger partial charge < -0.3 is 14.4 Å². The summed E-state index contributed by atoms with van der Waals surface area (Å²) in [6.07, 6.45) is -0.211. The fraction of sp³-hybridized carbons (Fsp3) is 0.611. The Morgan fingerprint density at radius 1 is 1.09 bits per heavy atom. The van der Waals surface area contributed by atoms with Crippen molar-refractivity contribution in [1.82, 2.24) is 9.80 Å². The maximum atomic E-state index is 12.0. The van der Waals surface area contributed by atoms with Gasteiger partial charge in [-0.1, -0.05) is 30.3 Å².